The molecule has 0 unspecified atom stereocenters. The number of hydrogen-bond acceptors (Lipinski definition) is 4. The number of fused-ring (bicyclic) bond motifs is 1. The van der Waals surface area contributed by atoms with Gasteiger partial charge >= 0.3 is 0 Å². The Labute approximate surface area is 138 Å². The fourth-order valence-corrected chi connectivity index (χ4v) is 3.31. The van der Waals surface area contributed by atoms with E-state index in [1.54, 1.807) is 25.3 Å². The van der Waals surface area contributed by atoms with Crippen LogP contribution < -0.4 is 10.9 Å². The molecule has 2 atom stereocenters. The highest BCUT2D eigenvalue weighted by atomic mass is 32.1. The number of carbonyl (C=O) groups excluding carboxylic acids is 1. The molecular weight excluding hydrogens is 314 g/mol. The van der Waals surface area contributed by atoms with Crippen LogP contribution in [0, 0.1) is 4.77 Å². The van der Waals surface area contributed by atoms with Crippen LogP contribution in [0.4, 0.5) is 0 Å². The lowest BCUT2D eigenvalue weighted by Crippen LogP contribution is -2.45. The first-order valence-electron chi connectivity index (χ1n) is 7.68. The van der Waals surface area contributed by atoms with E-state index >= 15 is 0 Å². The third-order valence-electron chi connectivity index (χ3n) is 4.32. The fourth-order valence-electron chi connectivity index (χ4n) is 3.11. The number of aromatic nitrogens is 2. The monoisotopic (exact) mass is 333 g/mol. The van der Waals surface area contributed by atoms with Gasteiger partial charge in [0.1, 0.15) is 0 Å². The third-order valence-corrected chi connectivity index (χ3v) is 4.53. The summed E-state index contributed by atoms with van der Waals surface area (Å²) in [7, 11) is 1.68. The first-order chi connectivity index (χ1) is 11.1. The lowest BCUT2D eigenvalue weighted by molar-refractivity contribution is 0.0392. The van der Waals surface area contributed by atoms with E-state index in [4.69, 9.17) is 17.0 Å². The molecule has 0 saturated heterocycles. The van der Waals surface area contributed by atoms with Gasteiger partial charge in [0.25, 0.3) is 11.5 Å². The number of aromatic amines is 2. The van der Waals surface area contributed by atoms with Gasteiger partial charge in [0.05, 0.1) is 23.0 Å². The average molecular weight is 333 g/mol. The Morgan fingerprint density at radius 1 is 1.30 bits per heavy atom. The molecule has 1 aliphatic carbocycles. The molecule has 0 bridgehead atoms. The number of nitrogens with one attached hydrogen (secondary N) is 3. The van der Waals surface area contributed by atoms with E-state index in [2.05, 4.69) is 15.3 Å². The smallest absolute Gasteiger partial charge is 0.259 e. The van der Waals surface area contributed by atoms with E-state index < -0.39 is 0 Å². The quantitative estimate of drug-likeness (QED) is 0.752. The van der Waals surface area contributed by atoms with E-state index in [0.717, 1.165) is 25.7 Å². The standard InChI is InChI=1S/C16H19N3O3S/c1-22-13-5-3-2-4-11(13)17-14(20)9-6-7-10-12(8-9)18-16(23)19-15(10)21/h6-8,11,13H,2-5H2,1H3,(H,17,20)(H2,18,19,21,23)/t11-,13+/m0/s1. The van der Waals surface area contributed by atoms with Crippen LogP contribution in [0.5, 0.6) is 0 Å². The number of H-pyrrole nitrogens is 2. The first kappa shape index (κ1) is 15.9. The van der Waals surface area contributed by atoms with Crippen LogP contribution in [0.1, 0.15) is 36.0 Å². The average Bonchev–Trinajstić information content (AvgIpc) is 2.54. The Hall–Kier alpha value is -1.99. The van der Waals surface area contributed by atoms with Crippen molar-refractivity contribution in [1.82, 2.24) is 15.3 Å². The van der Waals surface area contributed by atoms with Gasteiger partial charge in [0.2, 0.25) is 0 Å². The molecule has 1 fully saturated rings. The van der Waals surface area contributed by atoms with Gasteiger partial charge in [0, 0.05) is 12.7 Å². The highest BCUT2D eigenvalue weighted by Gasteiger charge is 2.26. The van der Waals surface area contributed by atoms with Gasteiger partial charge in [-0.1, -0.05) is 12.8 Å². The molecule has 122 valence electrons. The van der Waals surface area contributed by atoms with Crippen molar-refractivity contribution in [1.29, 1.82) is 0 Å². The lowest BCUT2D eigenvalue weighted by atomic mass is 9.92. The number of hydrogen-bond donors (Lipinski definition) is 3. The molecular formula is C16H19N3O3S. The summed E-state index contributed by atoms with van der Waals surface area (Å²) in [5, 5.41) is 3.51. The van der Waals surface area contributed by atoms with Crippen LogP contribution in [-0.4, -0.2) is 35.1 Å². The number of rotatable bonds is 3. The molecule has 1 amide bonds. The van der Waals surface area contributed by atoms with Crippen LogP contribution in [0.25, 0.3) is 10.9 Å². The summed E-state index contributed by atoms with van der Waals surface area (Å²) in [4.78, 5) is 29.7. The molecule has 1 aromatic heterocycles. The largest absolute Gasteiger partial charge is 0.379 e. The van der Waals surface area contributed by atoms with Crippen molar-refractivity contribution in [2.45, 2.75) is 37.8 Å². The van der Waals surface area contributed by atoms with E-state index in [1.165, 1.54) is 0 Å². The van der Waals surface area contributed by atoms with Crippen molar-refractivity contribution in [2.24, 2.45) is 0 Å². The van der Waals surface area contributed by atoms with Crippen molar-refractivity contribution in [3.63, 3.8) is 0 Å². The van der Waals surface area contributed by atoms with Crippen molar-refractivity contribution in [3.05, 3.63) is 38.9 Å². The summed E-state index contributed by atoms with van der Waals surface area (Å²) < 4.78 is 5.70. The van der Waals surface area contributed by atoms with Gasteiger partial charge < -0.3 is 15.0 Å². The zero-order valence-corrected chi connectivity index (χ0v) is 13.7. The molecule has 1 aromatic carbocycles. The van der Waals surface area contributed by atoms with Crippen LogP contribution in [0.3, 0.4) is 0 Å². The predicted molar refractivity (Wildman–Crippen MR) is 90.3 cm³/mol. The Morgan fingerprint density at radius 2 is 2.09 bits per heavy atom. The number of benzene rings is 1. The molecule has 6 nitrogen and oxygen atoms in total. The van der Waals surface area contributed by atoms with E-state index in [-0.39, 0.29) is 28.4 Å². The molecule has 3 rings (SSSR count). The predicted octanol–water partition coefficient (Wildman–Crippen LogP) is 2.27. The Morgan fingerprint density at radius 3 is 2.87 bits per heavy atom. The van der Waals surface area contributed by atoms with E-state index in [1.807, 2.05) is 0 Å². The minimum atomic E-state index is -0.262. The van der Waals surface area contributed by atoms with Crippen LogP contribution in [0.15, 0.2) is 23.0 Å². The first-order valence-corrected chi connectivity index (χ1v) is 8.09. The van der Waals surface area contributed by atoms with Gasteiger partial charge in [-0.15, -0.1) is 0 Å². The molecule has 7 heteroatoms. The molecule has 1 aliphatic rings. The molecule has 23 heavy (non-hydrogen) atoms. The Kier molecular flexibility index (Phi) is 4.58. The molecule has 0 spiro atoms. The van der Waals surface area contributed by atoms with E-state index in [0.29, 0.717) is 16.5 Å². The van der Waals surface area contributed by atoms with Crippen molar-refractivity contribution < 1.29 is 9.53 Å². The van der Waals surface area contributed by atoms with Crippen LogP contribution in [0.2, 0.25) is 0 Å². The maximum absolute atomic E-state index is 12.5. The normalized spacial score (nSPS) is 21.3. The van der Waals surface area contributed by atoms with Crippen LogP contribution >= 0.6 is 12.2 Å². The SMILES string of the molecule is CO[C@@H]1CCCC[C@@H]1NC(=O)c1ccc2c(=O)[nH]c(=S)[nH]c2c1. The van der Waals surface area contributed by atoms with Crippen molar-refractivity contribution in [3.8, 4) is 0 Å². The number of methoxy groups -OCH3 is 1. The van der Waals surface area contributed by atoms with Crippen molar-refractivity contribution in [2.75, 3.05) is 7.11 Å². The molecule has 1 heterocycles. The molecule has 1 saturated carbocycles. The second-order valence-electron chi connectivity index (χ2n) is 5.81. The maximum Gasteiger partial charge on any atom is 0.259 e. The molecule has 3 N–H and O–H groups in total. The third kappa shape index (κ3) is 3.35. The highest BCUT2D eigenvalue weighted by Crippen LogP contribution is 2.21. The Bertz CT molecular complexity index is 842. The summed E-state index contributed by atoms with van der Waals surface area (Å²) >= 11 is 4.97. The number of carbonyl (C=O) groups is 1. The lowest BCUT2D eigenvalue weighted by Gasteiger charge is -2.31. The van der Waals surface area contributed by atoms with Gasteiger partial charge in [-0.05, 0) is 43.3 Å². The zero-order chi connectivity index (χ0) is 16.4. The minimum absolute atomic E-state index is 0.0228. The minimum Gasteiger partial charge on any atom is -0.379 e. The second-order valence-corrected chi connectivity index (χ2v) is 6.22. The maximum atomic E-state index is 12.5. The van der Waals surface area contributed by atoms with E-state index in [9.17, 15) is 9.59 Å². The Balaban J connectivity index is 1.86. The number of amides is 1. The van der Waals surface area contributed by atoms with Gasteiger partial charge in [-0.3, -0.25) is 14.6 Å². The van der Waals surface area contributed by atoms with Gasteiger partial charge in [0.15, 0.2) is 4.77 Å². The molecule has 0 radical (unpaired) electrons. The second kappa shape index (κ2) is 6.64. The summed E-state index contributed by atoms with van der Waals surface area (Å²) in [5.41, 5.74) is 0.787. The summed E-state index contributed by atoms with van der Waals surface area (Å²) in [5.74, 6) is -0.166. The summed E-state index contributed by atoms with van der Waals surface area (Å²) in [6.07, 6.45) is 4.15. The summed E-state index contributed by atoms with van der Waals surface area (Å²) in [6.45, 7) is 0. The van der Waals surface area contributed by atoms with Crippen LogP contribution in [-0.2, 0) is 4.74 Å². The summed E-state index contributed by atoms with van der Waals surface area (Å²) in [6, 6.07) is 4.95. The van der Waals surface area contributed by atoms with Gasteiger partial charge in [-0.25, -0.2) is 0 Å². The topological polar surface area (TPSA) is 87.0 Å². The highest BCUT2D eigenvalue weighted by molar-refractivity contribution is 7.71. The van der Waals surface area contributed by atoms with Gasteiger partial charge in [-0.2, -0.15) is 0 Å². The number of ether oxygens (including phenoxy) is 1. The fraction of sp³-hybridized carbons (Fsp3) is 0.438. The van der Waals surface area contributed by atoms with Crippen molar-refractivity contribution >= 4 is 29.0 Å². The molecule has 2 aromatic rings. The zero-order valence-electron chi connectivity index (χ0n) is 12.8. The molecule has 0 aliphatic heterocycles.